The molecule has 0 bridgehead atoms. The standard InChI is InChI=1S/C30H34Br2N2O5S/c1-29(2,3)22-14-19(15-23(27(22)36)30(4,5)6)12-13-26(35)34-33-18-20-16-24(31)28(25(32)17-20)39-40(37,38)21-10-8-7-9-11-21/h7-11,14-18,36H,12-13H2,1-6H3,(H,34,35)/b33-18-. The van der Waals surface area contributed by atoms with E-state index in [1.54, 1.807) is 30.3 Å². The van der Waals surface area contributed by atoms with Gasteiger partial charge in [0.05, 0.1) is 15.2 Å². The average Bonchev–Trinajstić information content (AvgIpc) is 2.85. The second-order valence-corrected chi connectivity index (χ2v) is 14.8. The SMILES string of the molecule is CC(C)(C)c1cc(CCC(=O)N/N=C\c2cc(Br)c(OS(=O)(=O)c3ccccc3)c(Br)c2)cc(C(C)(C)C)c1O. The molecule has 0 aliphatic rings. The van der Waals surface area contributed by atoms with Crippen molar-refractivity contribution in [1.29, 1.82) is 0 Å². The average molecular weight is 694 g/mol. The zero-order chi connectivity index (χ0) is 29.9. The number of aromatic hydroxyl groups is 1. The number of hydrogen-bond acceptors (Lipinski definition) is 6. The summed E-state index contributed by atoms with van der Waals surface area (Å²) in [4.78, 5) is 12.6. The maximum atomic E-state index is 12.6. The van der Waals surface area contributed by atoms with Gasteiger partial charge in [-0.2, -0.15) is 13.5 Å². The summed E-state index contributed by atoms with van der Waals surface area (Å²) >= 11 is 6.71. The van der Waals surface area contributed by atoms with E-state index in [4.69, 9.17) is 4.18 Å². The molecular formula is C30H34Br2N2O5S. The minimum absolute atomic E-state index is 0.0405. The molecule has 10 heteroatoms. The molecule has 1 amide bonds. The first-order valence-electron chi connectivity index (χ1n) is 12.7. The Hall–Kier alpha value is -2.69. The normalized spacial score (nSPS) is 12.5. The van der Waals surface area contributed by atoms with E-state index in [2.05, 4.69) is 83.9 Å². The lowest BCUT2D eigenvalue weighted by Gasteiger charge is -2.28. The van der Waals surface area contributed by atoms with Gasteiger partial charge >= 0.3 is 10.1 Å². The zero-order valence-electron chi connectivity index (χ0n) is 23.4. The number of nitrogens with zero attached hydrogens (tertiary/aromatic N) is 1. The number of rotatable bonds is 8. The zero-order valence-corrected chi connectivity index (χ0v) is 27.4. The van der Waals surface area contributed by atoms with Crippen molar-refractivity contribution in [3.05, 3.63) is 85.8 Å². The van der Waals surface area contributed by atoms with Crippen LogP contribution in [0.4, 0.5) is 0 Å². The van der Waals surface area contributed by atoms with E-state index in [0.29, 0.717) is 26.7 Å². The van der Waals surface area contributed by atoms with Crippen molar-refractivity contribution >= 4 is 54.1 Å². The summed E-state index contributed by atoms with van der Waals surface area (Å²) in [6.45, 7) is 12.3. The third-order valence-electron chi connectivity index (χ3n) is 6.07. The van der Waals surface area contributed by atoms with Gasteiger partial charge in [0.2, 0.25) is 5.91 Å². The fourth-order valence-electron chi connectivity index (χ4n) is 3.95. The molecule has 7 nitrogen and oxygen atoms in total. The molecule has 3 aromatic carbocycles. The third-order valence-corrected chi connectivity index (χ3v) is 8.49. The van der Waals surface area contributed by atoms with E-state index < -0.39 is 10.1 Å². The molecule has 0 unspecified atom stereocenters. The number of phenols is 1. The number of hydrazone groups is 1. The van der Waals surface area contributed by atoms with Crippen molar-refractivity contribution in [3.8, 4) is 11.5 Å². The van der Waals surface area contributed by atoms with E-state index in [1.165, 1.54) is 18.3 Å². The summed E-state index contributed by atoms with van der Waals surface area (Å²) in [6.07, 6.45) is 2.17. The Morgan fingerprint density at radius 2 is 1.48 bits per heavy atom. The molecule has 0 fully saturated rings. The number of halogens is 2. The summed E-state index contributed by atoms with van der Waals surface area (Å²) in [7, 11) is -4.02. The van der Waals surface area contributed by atoms with Crippen molar-refractivity contribution in [3.63, 3.8) is 0 Å². The first kappa shape index (κ1) is 31.8. The lowest BCUT2D eigenvalue weighted by atomic mass is 9.78. The number of amides is 1. The molecule has 3 aromatic rings. The van der Waals surface area contributed by atoms with E-state index in [-0.39, 0.29) is 33.8 Å². The monoisotopic (exact) mass is 692 g/mol. The Balaban J connectivity index is 1.67. The second-order valence-electron chi connectivity index (χ2n) is 11.5. The molecule has 0 spiro atoms. The summed E-state index contributed by atoms with van der Waals surface area (Å²) in [5, 5.41) is 15.0. The largest absolute Gasteiger partial charge is 0.507 e. The molecule has 0 radical (unpaired) electrons. The summed E-state index contributed by atoms with van der Waals surface area (Å²) < 4.78 is 31.3. The first-order valence-corrected chi connectivity index (χ1v) is 15.7. The van der Waals surface area contributed by atoms with Crippen molar-refractivity contribution in [2.45, 2.75) is 70.1 Å². The maximum Gasteiger partial charge on any atom is 0.339 e. The van der Waals surface area contributed by atoms with Gasteiger partial charge in [0, 0.05) is 6.42 Å². The van der Waals surface area contributed by atoms with Crippen LogP contribution < -0.4 is 9.61 Å². The fourth-order valence-corrected chi connectivity index (χ4v) is 6.54. The maximum absolute atomic E-state index is 12.6. The van der Waals surface area contributed by atoms with Gasteiger partial charge in [-0.05, 0) is 95.6 Å². The molecule has 0 saturated heterocycles. The number of carbonyl (C=O) groups excluding carboxylic acids is 1. The topological polar surface area (TPSA) is 105 Å². The predicted molar refractivity (Wildman–Crippen MR) is 166 cm³/mol. The number of benzene rings is 3. The molecular weight excluding hydrogens is 660 g/mol. The number of carbonyl (C=O) groups is 1. The fraction of sp³-hybridized carbons (Fsp3) is 0.333. The Labute approximate surface area is 253 Å². The van der Waals surface area contributed by atoms with Gasteiger partial charge in [0.1, 0.15) is 10.6 Å². The predicted octanol–water partition coefficient (Wildman–Crippen LogP) is 7.36. The van der Waals surface area contributed by atoms with E-state index >= 15 is 0 Å². The van der Waals surface area contributed by atoms with Gasteiger partial charge in [-0.3, -0.25) is 4.79 Å². The van der Waals surface area contributed by atoms with E-state index in [9.17, 15) is 18.3 Å². The third kappa shape index (κ3) is 8.17. The van der Waals surface area contributed by atoms with Gasteiger partial charge in [-0.15, -0.1) is 0 Å². The van der Waals surface area contributed by atoms with Crippen LogP contribution in [0.15, 0.2) is 73.5 Å². The molecule has 0 saturated carbocycles. The number of aryl methyl sites for hydroxylation is 1. The summed E-state index contributed by atoms with van der Waals surface area (Å²) in [5.41, 5.74) is 5.33. The second kappa shape index (κ2) is 12.4. The number of hydrogen-bond donors (Lipinski definition) is 2. The molecule has 2 N–H and O–H groups in total. The van der Waals surface area contributed by atoms with E-state index in [0.717, 1.165) is 16.7 Å². The molecule has 0 aliphatic carbocycles. The van der Waals surface area contributed by atoms with Crippen molar-refractivity contribution < 1.29 is 22.5 Å². The van der Waals surface area contributed by atoms with Crippen LogP contribution in [0.1, 0.15) is 70.2 Å². The van der Waals surface area contributed by atoms with Crippen molar-refractivity contribution in [1.82, 2.24) is 5.43 Å². The van der Waals surface area contributed by atoms with Crippen LogP contribution >= 0.6 is 31.9 Å². The minimum Gasteiger partial charge on any atom is -0.507 e. The van der Waals surface area contributed by atoms with Crippen LogP contribution in [-0.2, 0) is 32.2 Å². The highest BCUT2D eigenvalue weighted by Crippen LogP contribution is 2.40. The highest BCUT2D eigenvalue weighted by Gasteiger charge is 2.26. The smallest absolute Gasteiger partial charge is 0.339 e. The molecule has 40 heavy (non-hydrogen) atoms. The highest BCUT2D eigenvalue weighted by molar-refractivity contribution is 9.11. The quantitative estimate of drug-likeness (QED) is 0.146. The molecule has 0 heterocycles. The Kier molecular flexibility index (Phi) is 9.91. The van der Waals surface area contributed by atoms with Gasteiger partial charge < -0.3 is 9.29 Å². The van der Waals surface area contributed by atoms with Gasteiger partial charge in [0.25, 0.3) is 0 Å². The molecule has 0 atom stereocenters. The van der Waals surface area contributed by atoms with Crippen LogP contribution in [0.2, 0.25) is 0 Å². The van der Waals surface area contributed by atoms with Crippen LogP contribution in [0.3, 0.4) is 0 Å². The Bertz CT molecular complexity index is 1470. The molecule has 0 aliphatic heterocycles. The lowest BCUT2D eigenvalue weighted by Crippen LogP contribution is -2.20. The summed E-state index contributed by atoms with van der Waals surface area (Å²) in [5.74, 6) is 0.151. The number of nitrogens with one attached hydrogen (secondary N) is 1. The van der Waals surface area contributed by atoms with Gasteiger partial charge in [0.15, 0.2) is 5.75 Å². The first-order chi connectivity index (χ1) is 18.5. The highest BCUT2D eigenvalue weighted by atomic mass is 79.9. The number of phenolic OH excluding ortho intramolecular Hbond substituents is 1. The van der Waals surface area contributed by atoms with E-state index in [1.807, 2.05) is 12.1 Å². The van der Waals surface area contributed by atoms with Crippen molar-refractivity contribution in [2.75, 3.05) is 0 Å². The Morgan fingerprint density at radius 3 is 1.98 bits per heavy atom. The lowest BCUT2D eigenvalue weighted by molar-refractivity contribution is -0.121. The Morgan fingerprint density at radius 1 is 0.950 bits per heavy atom. The van der Waals surface area contributed by atoms with Crippen molar-refractivity contribution in [2.24, 2.45) is 5.10 Å². The minimum atomic E-state index is -4.02. The van der Waals surface area contributed by atoms with Crippen LogP contribution in [0.25, 0.3) is 0 Å². The van der Waals surface area contributed by atoms with Crippen LogP contribution in [0.5, 0.6) is 11.5 Å². The molecule has 214 valence electrons. The van der Waals surface area contributed by atoms with Crippen LogP contribution in [-0.4, -0.2) is 25.6 Å². The van der Waals surface area contributed by atoms with Crippen LogP contribution in [0, 0.1) is 0 Å². The van der Waals surface area contributed by atoms with Gasteiger partial charge in [-0.1, -0.05) is 71.9 Å². The molecule has 3 rings (SSSR count). The summed E-state index contributed by atoms with van der Waals surface area (Å²) in [6, 6.07) is 15.1. The van der Waals surface area contributed by atoms with Gasteiger partial charge in [-0.25, -0.2) is 5.43 Å². The molecule has 0 aromatic heterocycles.